The van der Waals surface area contributed by atoms with Gasteiger partial charge in [-0.15, -0.1) is 5.10 Å². The second kappa shape index (κ2) is 11.1. The molecule has 0 spiro atoms. The zero-order valence-electron chi connectivity index (χ0n) is 22.3. The van der Waals surface area contributed by atoms with Crippen LogP contribution in [0.25, 0.3) is 5.65 Å². The highest BCUT2D eigenvalue weighted by Gasteiger charge is 2.20. The van der Waals surface area contributed by atoms with Crippen molar-refractivity contribution in [3.63, 3.8) is 0 Å². The third-order valence-electron chi connectivity index (χ3n) is 7.19. The molecule has 8 heteroatoms. The topological polar surface area (TPSA) is 76.8 Å². The molecule has 6 rings (SSSR count). The van der Waals surface area contributed by atoms with Gasteiger partial charge in [-0.25, -0.2) is 9.97 Å². The molecule has 0 amide bonds. The highest BCUT2D eigenvalue weighted by molar-refractivity contribution is 5.52. The fraction of sp³-hybridized carbons (Fsp3) is 0.258. The van der Waals surface area contributed by atoms with E-state index in [4.69, 9.17) is 24.5 Å². The smallest absolute Gasteiger partial charge is 0.226 e. The number of methoxy groups -OCH3 is 2. The van der Waals surface area contributed by atoms with Crippen molar-refractivity contribution in [2.75, 3.05) is 26.1 Å². The molecule has 2 aromatic heterocycles. The summed E-state index contributed by atoms with van der Waals surface area (Å²) < 4.78 is 12.7. The van der Waals surface area contributed by atoms with Gasteiger partial charge in [0.25, 0.3) is 0 Å². The summed E-state index contributed by atoms with van der Waals surface area (Å²) in [6.07, 6.45) is 3.65. The molecule has 3 heterocycles. The van der Waals surface area contributed by atoms with Crippen molar-refractivity contribution in [3.8, 4) is 11.5 Å². The van der Waals surface area contributed by atoms with E-state index in [1.54, 1.807) is 14.2 Å². The SMILES string of the molecule is COc1ccc(CNc2ncc(CN3CCc4ccccc4C3)c3nc(Cc4ccccc4)nn23)cc1OC. The van der Waals surface area contributed by atoms with E-state index >= 15 is 0 Å². The quantitative estimate of drug-likeness (QED) is 0.296. The Morgan fingerprint density at radius 2 is 1.67 bits per heavy atom. The van der Waals surface area contributed by atoms with Crippen LogP contribution in [-0.4, -0.2) is 45.2 Å². The first-order chi connectivity index (χ1) is 19.2. The highest BCUT2D eigenvalue weighted by atomic mass is 16.5. The molecule has 0 radical (unpaired) electrons. The van der Waals surface area contributed by atoms with Crippen LogP contribution < -0.4 is 14.8 Å². The monoisotopic (exact) mass is 520 g/mol. The van der Waals surface area contributed by atoms with Gasteiger partial charge in [-0.1, -0.05) is 60.7 Å². The van der Waals surface area contributed by atoms with Gasteiger partial charge in [-0.2, -0.15) is 4.52 Å². The Hall–Kier alpha value is -4.43. The van der Waals surface area contributed by atoms with Gasteiger partial charge >= 0.3 is 0 Å². The molecule has 39 heavy (non-hydrogen) atoms. The third-order valence-corrected chi connectivity index (χ3v) is 7.19. The fourth-order valence-corrected chi connectivity index (χ4v) is 5.15. The van der Waals surface area contributed by atoms with Gasteiger partial charge in [-0.05, 0) is 40.8 Å². The Labute approximate surface area is 228 Å². The number of hydrogen-bond acceptors (Lipinski definition) is 7. The first-order valence-electron chi connectivity index (χ1n) is 13.2. The largest absolute Gasteiger partial charge is 0.493 e. The lowest BCUT2D eigenvalue weighted by molar-refractivity contribution is 0.246. The normalized spacial score (nSPS) is 13.3. The summed E-state index contributed by atoms with van der Waals surface area (Å²) in [5.41, 5.74) is 6.97. The van der Waals surface area contributed by atoms with E-state index in [1.165, 1.54) is 16.7 Å². The summed E-state index contributed by atoms with van der Waals surface area (Å²) >= 11 is 0. The van der Waals surface area contributed by atoms with Crippen molar-refractivity contribution in [1.29, 1.82) is 0 Å². The molecule has 0 atom stereocenters. The van der Waals surface area contributed by atoms with E-state index in [2.05, 4.69) is 46.6 Å². The summed E-state index contributed by atoms with van der Waals surface area (Å²) in [4.78, 5) is 12.2. The number of nitrogens with one attached hydrogen (secondary N) is 1. The standard InChI is InChI=1S/C31H32N6O2/c1-38-27-13-12-23(16-28(27)39-2)18-32-31-33-19-26(21-36-15-14-24-10-6-7-11-25(24)20-36)30-34-29(35-37(30)31)17-22-8-4-3-5-9-22/h3-13,16,19H,14-15,17-18,20-21H2,1-2H3,(H,32,33). The predicted molar refractivity (Wildman–Crippen MR) is 151 cm³/mol. The minimum absolute atomic E-state index is 0.554. The Kier molecular flexibility index (Phi) is 7.10. The molecule has 1 N–H and O–H groups in total. The van der Waals surface area contributed by atoms with Crippen LogP contribution in [0.5, 0.6) is 11.5 Å². The van der Waals surface area contributed by atoms with E-state index < -0.39 is 0 Å². The second-order valence-corrected chi connectivity index (χ2v) is 9.81. The average Bonchev–Trinajstić information content (AvgIpc) is 3.41. The zero-order valence-corrected chi connectivity index (χ0v) is 22.3. The van der Waals surface area contributed by atoms with Crippen LogP contribution in [0.15, 0.2) is 79.0 Å². The molecular formula is C31H32N6O2. The molecule has 198 valence electrons. The third kappa shape index (κ3) is 5.42. The molecule has 5 aromatic rings. The maximum Gasteiger partial charge on any atom is 0.226 e. The number of benzene rings is 3. The molecule has 0 saturated heterocycles. The lowest BCUT2D eigenvalue weighted by Crippen LogP contribution is -2.30. The minimum Gasteiger partial charge on any atom is -0.493 e. The summed E-state index contributed by atoms with van der Waals surface area (Å²) in [6, 6.07) is 24.9. The maximum absolute atomic E-state index is 5.47. The van der Waals surface area contributed by atoms with Crippen molar-refractivity contribution in [2.45, 2.75) is 32.5 Å². The molecule has 1 aliphatic rings. The number of nitrogens with zero attached hydrogens (tertiary/aromatic N) is 5. The summed E-state index contributed by atoms with van der Waals surface area (Å²) in [5.74, 6) is 2.82. The van der Waals surface area contributed by atoms with E-state index in [9.17, 15) is 0 Å². The van der Waals surface area contributed by atoms with Crippen LogP contribution in [-0.2, 0) is 32.5 Å². The Bertz CT molecular complexity index is 1580. The Balaban J connectivity index is 1.29. The van der Waals surface area contributed by atoms with Gasteiger partial charge < -0.3 is 14.8 Å². The fourth-order valence-electron chi connectivity index (χ4n) is 5.15. The predicted octanol–water partition coefficient (Wildman–Crippen LogP) is 4.90. The first kappa shape index (κ1) is 24.9. The number of rotatable bonds is 9. The van der Waals surface area contributed by atoms with Crippen LogP contribution in [0.4, 0.5) is 5.95 Å². The second-order valence-electron chi connectivity index (χ2n) is 9.81. The summed E-state index contributed by atoms with van der Waals surface area (Å²) in [6.45, 7) is 3.25. The van der Waals surface area contributed by atoms with Crippen molar-refractivity contribution in [3.05, 3.63) is 113 Å². The minimum atomic E-state index is 0.554. The van der Waals surface area contributed by atoms with Crippen LogP contribution in [0, 0.1) is 0 Å². The number of ether oxygens (including phenoxy) is 2. The number of aromatic nitrogens is 4. The molecule has 3 aromatic carbocycles. The van der Waals surface area contributed by atoms with Gasteiger partial charge in [0, 0.05) is 44.4 Å². The molecule has 0 unspecified atom stereocenters. The van der Waals surface area contributed by atoms with Gasteiger partial charge in [0.15, 0.2) is 23.0 Å². The van der Waals surface area contributed by atoms with Gasteiger partial charge in [0.2, 0.25) is 5.95 Å². The summed E-state index contributed by atoms with van der Waals surface area (Å²) in [5, 5.41) is 8.34. The first-order valence-corrected chi connectivity index (χ1v) is 13.2. The number of anilines is 1. The maximum atomic E-state index is 5.47. The van der Waals surface area contributed by atoms with E-state index in [0.717, 1.165) is 48.7 Å². The molecule has 0 aliphatic carbocycles. The highest BCUT2D eigenvalue weighted by Crippen LogP contribution is 2.28. The van der Waals surface area contributed by atoms with Crippen molar-refractivity contribution in [2.24, 2.45) is 0 Å². The lowest BCUT2D eigenvalue weighted by atomic mass is 10.00. The number of hydrogen-bond donors (Lipinski definition) is 1. The van der Waals surface area contributed by atoms with Crippen molar-refractivity contribution < 1.29 is 9.47 Å². The van der Waals surface area contributed by atoms with Crippen molar-refractivity contribution in [1.82, 2.24) is 24.5 Å². The van der Waals surface area contributed by atoms with E-state index in [0.29, 0.717) is 30.4 Å². The molecule has 0 bridgehead atoms. The molecular weight excluding hydrogens is 488 g/mol. The summed E-state index contributed by atoms with van der Waals surface area (Å²) in [7, 11) is 3.28. The van der Waals surface area contributed by atoms with Crippen LogP contribution in [0.3, 0.4) is 0 Å². The van der Waals surface area contributed by atoms with Crippen molar-refractivity contribution >= 4 is 11.6 Å². The van der Waals surface area contributed by atoms with Gasteiger partial charge in [-0.3, -0.25) is 4.90 Å². The molecule has 1 aliphatic heterocycles. The van der Waals surface area contributed by atoms with E-state index in [-0.39, 0.29) is 0 Å². The van der Waals surface area contributed by atoms with Crippen LogP contribution in [0.1, 0.15) is 33.6 Å². The Morgan fingerprint density at radius 3 is 2.49 bits per heavy atom. The molecule has 8 nitrogen and oxygen atoms in total. The zero-order chi connectivity index (χ0) is 26.6. The Morgan fingerprint density at radius 1 is 0.872 bits per heavy atom. The lowest BCUT2D eigenvalue weighted by Gasteiger charge is -2.28. The van der Waals surface area contributed by atoms with Gasteiger partial charge in [0.05, 0.1) is 14.2 Å². The van der Waals surface area contributed by atoms with Crippen LogP contribution >= 0.6 is 0 Å². The van der Waals surface area contributed by atoms with E-state index in [1.807, 2.05) is 47.1 Å². The average molecular weight is 521 g/mol. The number of fused-ring (bicyclic) bond motifs is 2. The van der Waals surface area contributed by atoms with Crippen LogP contribution in [0.2, 0.25) is 0 Å². The van der Waals surface area contributed by atoms with Gasteiger partial charge in [0.1, 0.15) is 0 Å². The molecule has 0 saturated carbocycles. The molecule has 0 fully saturated rings.